The van der Waals surface area contributed by atoms with E-state index in [-0.39, 0.29) is 5.91 Å². The molecule has 6 rings (SSSR count). The van der Waals surface area contributed by atoms with E-state index in [1.165, 1.54) is 108 Å². The van der Waals surface area contributed by atoms with Gasteiger partial charge in [-0.3, -0.25) is 14.6 Å². The van der Waals surface area contributed by atoms with Crippen LogP contribution in [-0.4, -0.2) is 67.5 Å². The van der Waals surface area contributed by atoms with Crippen LogP contribution in [0, 0.1) is 11.8 Å². The summed E-state index contributed by atoms with van der Waals surface area (Å²) in [6, 6.07) is 0. The topological polar surface area (TPSA) is 97.2 Å². The smallest absolute Gasteiger partial charge is 0.227 e. The Morgan fingerprint density at radius 1 is 0.780 bits per heavy atom. The van der Waals surface area contributed by atoms with E-state index in [4.69, 9.17) is 5.73 Å². The molecule has 41 heavy (non-hydrogen) atoms. The highest BCUT2D eigenvalue weighted by molar-refractivity contribution is 5.77. The van der Waals surface area contributed by atoms with Gasteiger partial charge in [-0.25, -0.2) is 9.97 Å². The summed E-state index contributed by atoms with van der Waals surface area (Å²) in [6.07, 6.45) is 20.9. The van der Waals surface area contributed by atoms with Crippen molar-refractivity contribution >= 4 is 11.9 Å². The summed E-state index contributed by atoms with van der Waals surface area (Å²) in [5, 5.41) is 2.87. The molecule has 0 aromatic carbocycles. The molecule has 0 bridgehead atoms. The van der Waals surface area contributed by atoms with Gasteiger partial charge in [-0.1, -0.05) is 38.5 Å². The number of rotatable bonds is 7. The van der Waals surface area contributed by atoms with Crippen molar-refractivity contribution in [1.29, 1.82) is 0 Å². The first-order chi connectivity index (χ1) is 20.1. The van der Waals surface area contributed by atoms with E-state index in [1.54, 1.807) is 0 Å². The zero-order valence-electron chi connectivity index (χ0n) is 25.5. The second-order valence-corrected chi connectivity index (χ2v) is 12.9. The third-order valence-corrected chi connectivity index (χ3v) is 9.65. The zero-order valence-corrected chi connectivity index (χ0v) is 25.5. The van der Waals surface area contributed by atoms with Gasteiger partial charge in [-0.05, 0) is 57.3 Å². The van der Waals surface area contributed by atoms with E-state index in [9.17, 15) is 4.79 Å². The predicted molar refractivity (Wildman–Crippen MR) is 164 cm³/mol. The van der Waals surface area contributed by atoms with Gasteiger partial charge in [-0.2, -0.15) is 0 Å². The van der Waals surface area contributed by atoms with Crippen molar-refractivity contribution < 1.29 is 4.79 Å². The first kappa shape index (κ1) is 30.1. The maximum Gasteiger partial charge on any atom is 0.227 e. The summed E-state index contributed by atoms with van der Waals surface area (Å²) in [7, 11) is 0. The summed E-state index contributed by atoms with van der Waals surface area (Å²) < 4.78 is 4.46. The number of imidazole rings is 2. The van der Waals surface area contributed by atoms with Gasteiger partial charge in [0.05, 0.1) is 24.0 Å². The second kappa shape index (κ2) is 15.2. The number of hydrogen-bond acceptors (Lipinski definition) is 6. The molecule has 4 heterocycles. The molecule has 0 unspecified atom stereocenters. The van der Waals surface area contributed by atoms with Crippen LogP contribution < -0.4 is 11.1 Å². The van der Waals surface area contributed by atoms with Gasteiger partial charge < -0.3 is 20.2 Å². The molecule has 0 radical (unpaired) electrons. The molecule has 228 valence electrons. The van der Waals surface area contributed by atoms with Crippen molar-refractivity contribution in [3.05, 3.63) is 29.6 Å². The van der Waals surface area contributed by atoms with Gasteiger partial charge in [0.25, 0.3) is 0 Å². The molecule has 1 amide bonds. The van der Waals surface area contributed by atoms with E-state index in [0.717, 1.165) is 50.3 Å². The highest BCUT2D eigenvalue weighted by atomic mass is 16.1. The second-order valence-electron chi connectivity index (χ2n) is 12.9. The minimum atomic E-state index is 0.0733. The molecule has 2 aromatic rings. The molecule has 9 heteroatoms. The lowest BCUT2D eigenvalue weighted by atomic mass is 9.89. The van der Waals surface area contributed by atoms with Crippen LogP contribution in [0.1, 0.15) is 101 Å². The van der Waals surface area contributed by atoms with Crippen molar-refractivity contribution in [3.63, 3.8) is 0 Å². The fourth-order valence-corrected chi connectivity index (χ4v) is 7.51. The first-order valence-electron chi connectivity index (χ1n) is 16.6. The molecule has 9 nitrogen and oxygen atoms in total. The van der Waals surface area contributed by atoms with Crippen molar-refractivity contribution in [3.8, 4) is 0 Å². The number of amides is 1. The number of hydrogen-bond donors (Lipinski definition) is 2. The van der Waals surface area contributed by atoms with Crippen LogP contribution >= 0.6 is 0 Å². The number of nitrogens with two attached hydrogens (primary N) is 1. The lowest BCUT2D eigenvalue weighted by molar-refractivity contribution is -0.120. The number of nitrogens with one attached hydrogen (secondary N) is 1. The molecule has 4 aliphatic rings. The molecule has 0 saturated heterocycles. The van der Waals surface area contributed by atoms with Crippen LogP contribution in [0.5, 0.6) is 0 Å². The van der Waals surface area contributed by atoms with Crippen molar-refractivity contribution in [2.45, 2.75) is 117 Å². The third-order valence-electron chi connectivity index (χ3n) is 9.65. The number of carbonyl (C=O) groups excluding carboxylic acids is 1. The van der Waals surface area contributed by atoms with Gasteiger partial charge in [0.2, 0.25) is 5.91 Å². The molecule has 2 fully saturated rings. The summed E-state index contributed by atoms with van der Waals surface area (Å²) >= 11 is 0. The van der Waals surface area contributed by atoms with Crippen molar-refractivity contribution in [2.75, 3.05) is 38.5 Å². The Hall–Kier alpha value is -2.39. The molecule has 2 aromatic heterocycles. The van der Waals surface area contributed by atoms with E-state index in [2.05, 4.69) is 34.2 Å². The van der Waals surface area contributed by atoms with Crippen LogP contribution in [0.15, 0.2) is 12.4 Å². The number of nitrogens with zero attached hydrogens (tertiary/aromatic N) is 6. The van der Waals surface area contributed by atoms with E-state index in [0.29, 0.717) is 18.9 Å². The first-order valence-corrected chi connectivity index (χ1v) is 16.6. The monoisotopic (exact) mass is 566 g/mol. The molecule has 3 N–H and O–H groups in total. The maximum absolute atomic E-state index is 11.8. The van der Waals surface area contributed by atoms with Gasteiger partial charge in [0.15, 0.2) is 5.95 Å². The van der Waals surface area contributed by atoms with Gasteiger partial charge in [-0.15, -0.1) is 0 Å². The van der Waals surface area contributed by atoms with E-state index >= 15 is 0 Å². The Labute approximate surface area is 247 Å². The zero-order chi connectivity index (χ0) is 28.4. The SMILES string of the molecule is CCNC(=O)Cc1ncc2n1CCCN(CC1CCCCC1)C2.Nc1ncc2n1CCCN(CC1CCCCC1)C2. The average molecular weight is 567 g/mol. The number of carbonyl (C=O) groups is 1. The van der Waals surface area contributed by atoms with E-state index < -0.39 is 0 Å². The summed E-state index contributed by atoms with van der Waals surface area (Å²) in [6.45, 7) is 11.5. The lowest BCUT2D eigenvalue weighted by Gasteiger charge is -2.28. The number of nitrogen functional groups attached to an aromatic ring is 1. The standard InChI is InChI=1S/C18H30N4O.C14H24N4/c1-2-19-18(23)11-17-20-12-16-14-21(9-6-10-22(16)17)13-15-7-4-3-5-8-15;15-14-16-9-13-11-17(7-4-8-18(13)14)10-12-5-2-1-3-6-12/h12,15H,2-11,13-14H2,1H3,(H,19,23);9,12H,1-8,10-11H2,(H2,15,16). The average Bonchev–Trinajstić information content (AvgIpc) is 3.34. The number of fused-ring (bicyclic) bond motifs is 2. The molecule has 2 aliphatic carbocycles. The maximum atomic E-state index is 11.8. The molecule has 0 spiro atoms. The van der Waals surface area contributed by atoms with Gasteiger partial charge in [0, 0.05) is 65.1 Å². The Balaban J connectivity index is 0.000000169. The molecule has 2 saturated carbocycles. The number of likely N-dealkylation sites (N-methyl/N-ethyl adjacent to an activating group) is 1. The number of aromatic nitrogens is 4. The highest BCUT2D eigenvalue weighted by Gasteiger charge is 2.23. The molecular formula is C32H54N8O. The fourth-order valence-electron chi connectivity index (χ4n) is 7.51. The summed E-state index contributed by atoms with van der Waals surface area (Å²) in [5.41, 5.74) is 8.46. The van der Waals surface area contributed by atoms with Crippen molar-refractivity contribution in [1.82, 2.24) is 34.2 Å². The fraction of sp³-hybridized carbons (Fsp3) is 0.781. The number of anilines is 1. The summed E-state index contributed by atoms with van der Waals surface area (Å²) in [5.74, 6) is 3.48. The van der Waals surface area contributed by atoms with Crippen LogP contribution in [0.2, 0.25) is 0 Å². The highest BCUT2D eigenvalue weighted by Crippen LogP contribution is 2.27. The predicted octanol–water partition coefficient (Wildman–Crippen LogP) is 4.60. The minimum Gasteiger partial charge on any atom is -0.369 e. The summed E-state index contributed by atoms with van der Waals surface area (Å²) in [4.78, 5) is 25.8. The van der Waals surface area contributed by atoms with Crippen LogP contribution in [0.25, 0.3) is 0 Å². The minimum absolute atomic E-state index is 0.0733. The third kappa shape index (κ3) is 8.57. The lowest BCUT2D eigenvalue weighted by Crippen LogP contribution is -2.30. The van der Waals surface area contributed by atoms with Crippen LogP contribution in [0.3, 0.4) is 0 Å². The Morgan fingerprint density at radius 3 is 1.90 bits per heavy atom. The van der Waals surface area contributed by atoms with Crippen LogP contribution in [0.4, 0.5) is 5.95 Å². The van der Waals surface area contributed by atoms with Gasteiger partial charge in [0.1, 0.15) is 5.82 Å². The Bertz CT molecular complexity index is 1080. The quantitative estimate of drug-likeness (QED) is 0.509. The van der Waals surface area contributed by atoms with Gasteiger partial charge >= 0.3 is 0 Å². The Kier molecular flexibility index (Phi) is 11.1. The normalized spacial score (nSPS) is 21.2. The molecule has 2 aliphatic heterocycles. The van der Waals surface area contributed by atoms with Crippen molar-refractivity contribution in [2.24, 2.45) is 11.8 Å². The molecular weight excluding hydrogens is 512 g/mol. The van der Waals surface area contributed by atoms with E-state index in [1.807, 2.05) is 19.3 Å². The molecule has 0 atom stereocenters. The largest absolute Gasteiger partial charge is 0.369 e. The van der Waals surface area contributed by atoms with Crippen LogP contribution in [-0.2, 0) is 37.4 Å². The Morgan fingerprint density at radius 2 is 1.32 bits per heavy atom.